The van der Waals surface area contributed by atoms with Gasteiger partial charge in [-0.3, -0.25) is 9.59 Å². The normalized spacial score (nSPS) is 11.6. The Labute approximate surface area is 143 Å². The van der Waals surface area contributed by atoms with Gasteiger partial charge in [0.25, 0.3) is 5.91 Å². The van der Waals surface area contributed by atoms with Crippen molar-refractivity contribution in [3.8, 4) is 0 Å². The Balaban J connectivity index is 1.97. The molecule has 4 heteroatoms. The summed E-state index contributed by atoms with van der Waals surface area (Å²) < 4.78 is 0. The Kier molecular flexibility index (Phi) is 6.13. The summed E-state index contributed by atoms with van der Waals surface area (Å²) in [5.41, 5.74) is 3.61. The van der Waals surface area contributed by atoms with Crippen LogP contribution in [0.15, 0.2) is 48.5 Å². The molecule has 2 rings (SSSR count). The van der Waals surface area contributed by atoms with Crippen LogP contribution in [0.2, 0.25) is 0 Å². The smallest absolute Gasteiger partial charge is 0.255 e. The van der Waals surface area contributed by atoms with Crippen LogP contribution in [-0.2, 0) is 11.3 Å². The third kappa shape index (κ3) is 4.95. The second kappa shape index (κ2) is 8.29. The van der Waals surface area contributed by atoms with Crippen LogP contribution in [0.25, 0.3) is 0 Å². The minimum absolute atomic E-state index is 0.0716. The molecule has 1 atom stereocenters. The molecule has 0 heterocycles. The summed E-state index contributed by atoms with van der Waals surface area (Å²) in [5, 5.41) is 5.63. The fourth-order valence-corrected chi connectivity index (χ4v) is 2.33. The van der Waals surface area contributed by atoms with Crippen molar-refractivity contribution < 1.29 is 9.59 Å². The molecule has 0 aliphatic carbocycles. The van der Waals surface area contributed by atoms with E-state index >= 15 is 0 Å². The van der Waals surface area contributed by atoms with Crippen molar-refractivity contribution in [2.75, 3.05) is 5.32 Å². The molecule has 0 aliphatic rings. The summed E-state index contributed by atoms with van der Waals surface area (Å²) in [6.45, 7) is 6.30. The second-order valence-electron chi connectivity index (χ2n) is 5.99. The highest BCUT2D eigenvalue weighted by Crippen LogP contribution is 2.20. The van der Waals surface area contributed by atoms with Crippen LogP contribution in [0.1, 0.15) is 54.6 Å². The van der Waals surface area contributed by atoms with Crippen LogP contribution in [0.3, 0.4) is 0 Å². The molecule has 0 saturated carbocycles. The first kappa shape index (κ1) is 17.7. The highest BCUT2D eigenvalue weighted by Gasteiger charge is 2.07. The number of hydrogen-bond acceptors (Lipinski definition) is 2. The molecule has 126 valence electrons. The largest absolute Gasteiger partial charge is 0.352 e. The summed E-state index contributed by atoms with van der Waals surface area (Å²) in [6, 6.07) is 15.2. The van der Waals surface area contributed by atoms with Crippen LogP contribution < -0.4 is 10.6 Å². The van der Waals surface area contributed by atoms with Crippen molar-refractivity contribution in [2.24, 2.45) is 0 Å². The Morgan fingerprint density at radius 1 is 1.00 bits per heavy atom. The molecule has 4 nitrogen and oxygen atoms in total. The van der Waals surface area contributed by atoms with Crippen molar-refractivity contribution in [1.29, 1.82) is 0 Å². The van der Waals surface area contributed by atoms with E-state index in [0.717, 1.165) is 17.7 Å². The number of nitrogens with one attached hydrogen (secondary N) is 2. The van der Waals surface area contributed by atoms with Crippen molar-refractivity contribution in [2.45, 2.75) is 39.7 Å². The number of carbonyl (C=O) groups excluding carboxylic acids is 2. The molecule has 0 bridgehead atoms. The molecule has 2 aromatic rings. The number of hydrogen-bond donors (Lipinski definition) is 2. The van der Waals surface area contributed by atoms with E-state index < -0.39 is 0 Å². The predicted molar refractivity (Wildman–Crippen MR) is 97.1 cm³/mol. The van der Waals surface area contributed by atoms with Crippen LogP contribution in [0.5, 0.6) is 0 Å². The lowest BCUT2D eigenvalue weighted by Crippen LogP contribution is -2.19. The van der Waals surface area contributed by atoms with Gasteiger partial charge in [0, 0.05) is 24.7 Å². The van der Waals surface area contributed by atoms with Crippen molar-refractivity contribution in [3.63, 3.8) is 0 Å². The zero-order valence-electron chi connectivity index (χ0n) is 14.4. The van der Waals surface area contributed by atoms with Gasteiger partial charge >= 0.3 is 0 Å². The van der Waals surface area contributed by atoms with Gasteiger partial charge in [0.15, 0.2) is 0 Å². The number of carbonyl (C=O) groups is 2. The average Bonchev–Trinajstić information content (AvgIpc) is 2.60. The summed E-state index contributed by atoms with van der Waals surface area (Å²) in [7, 11) is 0. The van der Waals surface area contributed by atoms with Crippen molar-refractivity contribution >= 4 is 17.5 Å². The SMILES string of the molecule is CCC(C)c1ccc(NC(=O)c2ccc(CNC(C)=O)cc2)cc1. The van der Waals surface area contributed by atoms with Crippen LogP contribution in [0, 0.1) is 0 Å². The zero-order valence-corrected chi connectivity index (χ0v) is 14.4. The molecule has 0 spiro atoms. The van der Waals surface area contributed by atoms with Crippen LogP contribution in [-0.4, -0.2) is 11.8 Å². The van der Waals surface area contributed by atoms with Crippen molar-refractivity contribution in [3.05, 3.63) is 65.2 Å². The van der Waals surface area contributed by atoms with E-state index in [1.165, 1.54) is 12.5 Å². The van der Waals surface area contributed by atoms with Gasteiger partial charge in [-0.15, -0.1) is 0 Å². The van der Waals surface area contributed by atoms with Gasteiger partial charge in [0.05, 0.1) is 0 Å². The molecule has 2 amide bonds. The molecule has 0 radical (unpaired) electrons. The third-order valence-corrected chi connectivity index (χ3v) is 4.11. The zero-order chi connectivity index (χ0) is 17.5. The van der Waals surface area contributed by atoms with Gasteiger partial charge in [-0.05, 0) is 47.7 Å². The summed E-state index contributed by atoms with van der Waals surface area (Å²) >= 11 is 0. The maximum atomic E-state index is 12.3. The number of amides is 2. The van der Waals surface area contributed by atoms with E-state index in [1.807, 2.05) is 24.3 Å². The Bertz CT molecular complexity index is 691. The third-order valence-electron chi connectivity index (χ3n) is 4.11. The van der Waals surface area contributed by atoms with E-state index in [0.29, 0.717) is 18.0 Å². The molecule has 24 heavy (non-hydrogen) atoms. The predicted octanol–water partition coefficient (Wildman–Crippen LogP) is 4.09. The first-order chi connectivity index (χ1) is 11.5. The fourth-order valence-electron chi connectivity index (χ4n) is 2.33. The van der Waals surface area contributed by atoms with E-state index in [9.17, 15) is 9.59 Å². The lowest BCUT2D eigenvalue weighted by Gasteiger charge is -2.11. The van der Waals surface area contributed by atoms with Gasteiger partial charge in [-0.25, -0.2) is 0 Å². The molecule has 2 aromatic carbocycles. The summed E-state index contributed by atoms with van der Waals surface area (Å²) in [4.78, 5) is 23.2. The van der Waals surface area contributed by atoms with E-state index in [1.54, 1.807) is 12.1 Å². The topological polar surface area (TPSA) is 58.2 Å². The number of anilines is 1. The molecule has 1 unspecified atom stereocenters. The Hall–Kier alpha value is -2.62. The van der Waals surface area contributed by atoms with Gasteiger partial charge in [-0.2, -0.15) is 0 Å². The molecule has 0 aromatic heterocycles. The fraction of sp³-hybridized carbons (Fsp3) is 0.300. The molecule has 2 N–H and O–H groups in total. The minimum Gasteiger partial charge on any atom is -0.352 e. The van der Waals surface area contributed by atoms with Gasteiger partial charge in [0.2, 0.25) is 5.91 Å². The van der Waals surface area contributed by atoms with E-state index in [2.05, 4.69) is 36.6 Å². The Morgan fingerprint density at radius 2 is 1.62 bits per heavy atom. The first-order valence-corrected chi connectivity index (χ1v) is 8.24. The van der Waals surface area contributed by atoms with Gasteiger partial charge < -0.3 is 10.6 Å². The van der Waals surface area contributed by atoms with Crippen molar-refractivity contribution in [1.82, 2.24) is 5.32 Å². The van der Waals surface area contributed by atoms with Crippen LogP contribution in [0.4, 0.5) is 5.69 Å². The lowest BCUT2D eigenvalue weighted by atomic mass is 9.98. The molecule has 0 saturated heterocycles. The summed E-state index contributed by atoms with van der Waals surface area (Å²) in [6.07, 6.45) is 1.09. The Morgan fingerprint density at radius 3 is 2.17 bits per heavy atom. The molecule has 0 aliphatic heterocycles. The van der Waals surface area contributed by atoms with Gasteiger partial charge in [0.1, 0.15) is 0 Å². The van der Waals surface area contributed by atoms with Gasteiger partial charge in [-0.1, -0.05) is 38.1 Å². The first-order valence-electron chi connectivity index (χ1n) is 8.24. The molecular formula is C20H24N2O2. The minimum atomic E-state index is -0.141. The van der Waals surface area contributed by atoms with E-state index in [4.69, 9.17) is 0 Å². The summed E-state index contributed by atoms with van der Waals surface area (Å²) in [5.74, 6) is 0.306. The quantitative estimate of drug-likeness (QED) is 0.841. The highest BCUT2D eigenvalue weighted by atomic mass is 16.2. The average molecular weight is 324 g/mol. The number of rotatable bonds is 6. The monoisotopic (exact) mass is 324 g/mol. The lowest BCUT2D eigenvalue weighted by molar-refractivity contribution is -0.119. The molecule has 0 fully saturated rings. The standard InChI is InChI=1S/C20H24N2O2/c1-4-14(2)17-9-11-19(12-10-17)22-20(24)18-7-5-16(6-8-18)13-21-15(3)23/h5-12,14H,4,13H2,1-3H3,(H,21,23)(H,22,24). The number of benzene rings is 2. The van der Waals surface area contributed by atoms with Crippen LogP contribution >= 0.6 is 0 Å². The second-order valence-corrected chi connectivity index (χ2v) is 5.99. The highest BCUT2D eigenvalue weighted by molar-refractivity contribution is 6.04. The maximum Gasteiger partial charge on any atom is 0.255 e. The molecular weight excluding hydrogens is 300 g/mol. The maximum absolute atomic E-state index is 12.3. The van der Waals surface area contributed by atoms with E-state index in [-0.39, 0.29) is 11.8 Å².